The van der Waals surface area contributed by atoms with E-state index in [2.05, 4.69) is 27.0 Å². The van der Waals surface area contributed by atoms with Gasteiger partial charge in [-0.05, 0) is 6.42 Å². The smallest absolute Gasteiger partial charge is 0.159 e. The van der Waals surface area contributed by atoms with Crippen LogP contribution in [-0.4, -0.2) is 30.2 Å². The predicted octanol–water partition coefficient (Wildman–Crippen LogP) is 3.01. The molecule has 0 aromatic carbocycles. The van der Waals surface area contributed by atoms with Crippen molar-refractivity contribution in [3.05, 3.63) is 28.1 Å². The summed E-state index contributed by atoms with van der Waals surface area (Å²) < 4.78 is 4.12. The fourth-order valence-electron chi connectivity index (χ4n) is 2.61. The molecule has 112 valence electrons. The molecule has 0 N–H and O–H groups in total. The van der Waals surface area contributed by atoms with Gasteiger partial charge in [-0.15, -0.1) is 22.9 Å². The normalized spacial score (nSPS) is 11.6. The fourth-order valence-corrected chi connectivity index (χ4v) is 3.33. The third kappa shape index (κ3) is 2.70. The first kappa shape index (κ1) is 14.5. The monoisotopic (exact) mass is 323 g/mol. The van der Waals surface area contributed by atoms with Gasteiger partial charge in [-0.1, -0.05) is 13.3 Å². The van der Waals surface area contributed by atoms with Crippen LogP contribution in [0, 0.1) is 0 Å². The maximum Gasteiger partial charge on any atom is 0.159 e. The van der Waals surface area contributed by atoms with E-state index in [-0.39, 0.29) is 0 Å². The Labute approximate surface area is 132 Å². The molecule has 0 bridgehead atoms. The highest BCUT2D eigenvalue weighted by atomic mass is 35.5. The molecule has 0 unspecified atom stereocenters. The fraction of sp³-hybridized carbons (Fsp3) is 0.500. The number of imidazole rings is 1. The molecule has 0 aliphatic rings. The van der Waals surface area contributed by atoms with Crippen molar-refractivity contribution in [1.82, 2.24) is 24.3 Å². The number of thiazole rings is 1. The minimum Gasteiger partial charge on any atom is -0.307 e. The molecule has 0 radical (unpaired) electrons. The lowest BCUT2D eigenvalue weighted by Gasteiger charge is -2.07. The molecule has 3 heterocycles. The minimum atomic E-state index is 0.566. The van der Waals surface area contributed by atoms with E-state index < -0.39 is 0 Å². The topological polar surface area (TPSA) is 48.5 Å². The number of hydrogen-bond acceptors (Lipinski definition) is 4. The first-order valence-electron chi connectivity index (χ1n) is 7.08. The summed E-state index contributed by atoms with van der Waals surface area (Å²) in [6, 6.07) is 0. The van der Waals surface area contributed by atoms with Gasteiger partial charge in [0.05, 0.1) is 23.4 Å². The van der Waals surface area contributed by atoms with Crippen molar-refractivity contribution in [3.63, 3.8) is 0 Å². The van der Waals surface area contributed by atoms with E-state index in [0.29, 0.717) is 5.88 Å². The molecular formula is C14H18ClN5S. The second kappa shape index (κ2) is 6.15. The van der Waals surface area contributed by atoms with Gasteiger partial charge in [0.15, 0.2) is 5.65 Å². The summed E-state index contributed by atoms with van der Waals surface area (Å²) in [5, 5.41) is 6.68. The average molecular weight is 324 g/mol. The van der Waals surface area contributed by atoms with E-state index in [9.17, 15) is 0 Å². The maximum atomic E-state index is 5.94. The third-order valence-corrected chi connectivity index (χ3v) is 4.30. The molecule has 0 spiro atoms. The van der Waals surface area contributed by atoms with Crippen molar-refractivity contribution in [1.29, 1.82) is 0 Å². The van der Waals surface area contributed by atoms with Crippen LogP contribution in [0.15, 0.2) is 10.9 Å². The lowest BCUT2D eigenvalue weighted by Crippen LogP contribution is -2.09. The van der Waals surface area contributed by atoms with Crippen LogP contribution in [0.2, 0.25) is 0 Å². The second-order valence-electron chi connectivity index (χ2n) is 5.03. The molecule has 0 aliphatic carbocycles. The maximum absolute atomic E-state index is 5.94. The molecule has 5 nitrogen and oxygen atoms in total. The Hall–Kier alpha value is -1.40. The Morgan fingerprint density at radius 3 is 2.86 bits per heavy atom. The SMILES string of the molecule is CCCc1nn(C)c2c1nc(CCCl)n2Cc1cscn1. The molecular weight excluding hydrogens is 306 g/mol. The molecule has 7 heteroatoms. The zero-order valence-corrected chi connectivity index (χ0v) is 13.8. The summed E-state index contributed by atoms with van der Waals surface area (Å²) in [7, 11) is 1.98. The zero-order valence-electron chi connectivity index (χ0n) is 12.2. The molecule has 0 saturated heterocycles. The molecule has 0 amide bonds. The highest BCUT2D eigenvalue weighted by Crippen LogP contribution is 2.22. The van der Waals surface area contributed by atoms with E-state index in [1.807, 2.05) is 17.2 Å². The van der Waals surface area contributed by atoms with Crippen molar-refractivity contribution in [2.24, 2.45) is 7.05 Å². The standard InChI is InChI=1S/C14H18ClN5S/c1-3-4-11-13-14(19(2)18-11)20(12(17-13)5-6-15)7-10-8-21-9-16-10/h8-9H,3-7H2,1-2H3. The van der Waals surface area contributed by atoms with Crippen molar-refractivity contribution in [3.8, 4) is 0 Å². The van der Waals surface area contributed by atoms with Crippen LogP contribution in [0.5, 0.6) is 0 Å². The Kier molecular flexibility index (Phi) is 4.26. The molecule has 0 fully saturated rings. The molecule has 21 heavy (non-hydrogen) atoms. The summed E-state index contributed by atoms with van der Waals surface area (Å²) in [6.07, 6.45) is 2.77. The van der Waals surface area contributed by atoms with Crippen LogP contribution < -0.4 is 0 Å². The number of alkyl halides is 1. The van der Waals surface area contributed by atoms with Gasteiger partial charge in [0.2, 0.25) is 0 Å². The Bertz CT molecular complexity index is 728. The Morgan fingerprint density at radius 2 is 2.19 bits per heavy atom. The zero-order chi connectivity index (χ0) is 14.8. The Morgan fingerprint density at radius 1 is 1.33 bits per heavy atom. The first-order valence-corrected chi connectivity index (χ1v) is 8.56. The number of halogens is 1. The van der Waals surface area contributed by atoms with Crippen molar-refractivity contribution >= 4 is 34.1 Å². The summed E-state index contributed by atoms with van der Waals surface area (Å²) >= 11 is 7.55. The summed E-state index contributed by atoms with van der Waals surface area (Å²) in [5.74, 6) is 1.58. The van der Waals surface area contributed by atoms with Gasteiger partial charge in [-0.3, -0.25) is 4.68 Å². The van der Waals surface area contributed by atoms with Crippen molar-refractivity contribution < 1.29 is 0 Å². The number of hydrogen-bond donors (Lipinski definition) is 0. The molecule has 3 rings (SSSR count). The van der Waals surface area contributed by atoms with Gasteiger partial charge < -0.3 is 4.57 Å². The quantitative estimate of drug-likeness (QED) is 0.655. The molecule has 3 aromatic rings. The van der Waals surface area contributed by atoms with Gasteiger partial charge in [0.1, 0.15) is 11.3 Å². The number of aromatic nitrogens is 5. The van der Waals surface area contributed by atoms with Crippen LogP contribution in [0.3, 0.4) is 0 Å². The third-order valence-electron chi connectivity index (χ3n) is 3.48. The van der Waals surface area contributed by atoms with Crippen LogP contribution in [0.4, 0.5) is 0 Å². The number of aryl methyl sites for hydroxylation is 3. The highest BCUT2D eigenvalue weighted by molar-refractivity contribution is 7.07. The molecule has 0 aliphatic heterocycles. The summed E-state index contributed by atoms with van der Waals surface area (Å²) in [5.41, 5.74) is 6.05. The summed E-state index contributed by atoms with van der Waals surface area (Å²) in [6.45, 7) is 2.88. The van der Waals surface area contributed by atoms with Gasteiger partial charge in [-0.2, -0.15) is 5.10 Å². The van der Waals surface area contributed by atoms with Gasteiger partial charge in [-0.25, -0.2) is 9.97 Å². The lowest BCUT2D eigenvalue weighted by atomic mass is 10.2. The number of fused-ring (bicyclic) bond motifs is 1. The molecule has 0 atom stereocenters. The number of nitrogens with zero attached hydrogens (tertiary/aromatic N) is 5. The van der Waals surface area contributed by atoms with E-state index >= 15 is 0 Å². The van der Waals surface area contributed by atoms with E-state index in [0.717, 1.165) is 54.2 Å². The van der Waals surface area contributed by atoms with Crippen molar-refractivity contribution in [2.75, 3.05) is 5.88 Å². The van der Waals surface area contributed by atoms with Crippen molar-refractivity contribution in [2.45, 2.75) is 32.7 Å². The highest BCUT2D eigenvalue weighted by Gasteiger charge is 2.19. The minimum absolute atomic E-state index is 0.566. The number of rotatable bonds is 6. The Balaban J connectivity index is 2.12. The van der Waals surface area contributed by atoms with Crippen LogP contribution in [-0.2, 0) is 26.4 Å². The first-order chi connectivity index (χ1) is 10.2. The van der Waals surface area contributed by atoms with Crippen LogP contribution in [0.25, 0.3) is 11.2 Å². The van der Waals surface area contributed by atoms with Crippen LogP contribution >= 0.6 is 22.9 Å². The average Bonchev–Trinajstić information content (AvgIpc) is 3.13. The largest absolute Gasteiger partial charge is 0.307 e. The summed E-state index contributed by atoms with van der Waals surface area (Å²) in [4.78, 5) is 9.17. The predicted molar refractivity (Wildman–Crippen MR) is 86.1 cm³/mol. The molecule has 3 aromatic heterocycles. The van der Waals surface area contributed by atoms with E-state index in [4.69, 9.17) is 16.6 Å². The van der Waals surface area contributed by atoms with Crippen LogP contribution in [0.1, 0.15) is 30.6 Å². The van der Waals surface area contributed by atoms with E-state index in [1.165, 1.54) is 0 Å². The lowest BCUT2D eigenvalue weighted by molar-refractivity contribution is 0.679. The molecule has 0 saturated carbocycles. The van der Waals surface area contributed by atoms with Gasteiger partial charge in [0.25, 0.3) is 0 Å². The van der Waals surface area contributed by atoms with E-state index in [1.54, 1.807) is 11.3 Å². The van der Waals surface area contributed by atoms with Gasteiger partial charge >= 0.3 is 0 Å². The second-order valence-corrected chi connectivity index (χ2v) is 6.12. The van der Waals surface area contributed by atoms with Gasteiger partial charge in [0, 0.05) is 24.7 Å².